The Labute approximate surface area is 198 Å². The highest BCUT2D eigenvalue weighted by molar-refractivity contribution is 6.05. The standard InChI is InChI=1S/C28H27NO5/c1-19-24(18-27(30)31)25-17-23(33-2)14-15-26(25)29(19)28(32)21-10-12-22(13-11-21)34-16-6-9-20-7-4-3-5-8-20/h3-5,7-8,10-15,17H,6,9,16,18H2,1-2H3,(H,30,31). The highest BCUT2D eigenvalue weighted by atomic mass is 16.5. The van der Waals surface area contributed by atoms with Crippen LogP contribution >= 0.6 is 0 Å². The molecule has 1 heterocycles. The van der Waals surface area contributed by atoms with Crippen LogP contribution < -0.4 is 9.47 Å². The van der Waals surface area contributed by atoms with Crippen LogP contribution in [0.3, 0.4) is 0 Å². The zero-order chi connectivity index (χ0) is 24.1. The zero-order valence-electron chi connectivity index (χ0n) is 19.3. The van der Waals surface area contributed by atoms with Gasteiger partial charge in [-0.3, -0.25) is 14.2 Å². The second-order valence-electron chi connectivity index (χ2n) is 8.12. The fraction of sp³-hybridized carbons (Fsp3) is 0.214. The summed E-state index contributed by atoms with van der Waals surface area (Å²) in [6.07, 6.45) is 1.67. The summed E-state index contributed by atoms with van der Waals surface area (Å²) >= 11 is 0. The topological polar surface area (TPSA) is 77.8 Å². The Hall–Kier alpha value is -4.06. The molecule has 0 saturated heterocycles. The first kappa shape index (κ1) is 23.1. The number of rotatable bonds is 9. The van der Waals surface area contributed by atoms with Gasteiger partial charge in [0.2, 0.25) is 0 Å². The summed E-state index contributed by atoms with van der Waals surface area (Å²) in [7, 11) is 1.55. The largest absolute Gasteiger partial charge is 0.497 e. The van der Waals surface area contributed by atoms with Crippen molar-refractivity contribution in [1.29, 1.82) is 0 Å². The molecule has 0 aliphatic rings. The van der Waals surface area contributed by atoms with Gasteiger partial charge in [-0.25, -0.2) is 0 Å². The summed E-state index contributed by atoms with van der Waals surface area (Å²) in [5.74, 6) is 0.138. The Morgan fingerprint density at radius 2 is 1.65 bits per heavy atom. The monoisotopic (exact) mass is 457 g/mol. The predicted molar refractivity (Wildman–Crippen MR) is 131 cm³/mol. The molecule has 1 N–H and O–H groups in total. The third kappa shape index (κ3) is 4.96. The van der Waals surface area contributed by atoms with E-state index in [2.05, 4.69) is 12.1 Å². The molecule has 0 aliphatic heterocycles. The smallest absolute Gasteiger partial charge is 0.307 e. The quantitative estimate of drug-likeness (QED) is 0.346. The van der Waals surface area contributed by atoms with Crippen molar-refractivity contribution in [2.75, 3.05) is 13.7 Å². The van der Waals surface area contributed by atoms with Gasteiger partial charge in [-0.2, -0.15) is 0 Å². The molecular formula is C28H27NO5. The third-order valence-electron chi connectivity index (χ3n) is 5.90. The minimum Gasteiger partial charge on any atom is -0.497 e. The number of carboxylic acid groups (broad SMARTS) is 1. The molecule has 4 aromatic rings. The van der Waals surface area contributed by atoms with Gasteiger partial charge < -0.3 is 14.6 Å². The predicted octanol–water partition coefficient (Wildman–Crippen LogP) is 5.29. The van der Waals surface area contributed by atoms with Gasteiger partial charge in [0, 0.05) is 16.6 Å². The number of aryl methyl sites for hydroxylation is 1. The fourth-order valence-corrected chi connectivity index (χ4v) is 4.16. The van der Waals surface area contributed by atoms with Gasteiger partial charge in [-0.1, -0.05) is 30.3 Å². The summed E-state index contributed by atoms with van der Waals surface area (Å²) in [5.41, 5.74) is 3.64. The van der Waals surface area contributed by atoms with Crippen molar-refractivity contribution in [3.63, 3.8) is 0 Å². The van der Waals surface area contributed by atoms with Gasteiger partial charge in [0.1, 0.15) is 11.5 Å². The highest BCUT2D eigenvalue weighted by Crippen LogP contribution is 2.31. The lowest BCUT2D eigenvalue weighted by Crippen LogP contribution is -2.14. The Balaban J connectivity index is 1.51. The lowest BCUT2D eigenvalue weighted by molar-refractivity contribution is -0.136. The summed E-state index contributed by atoms with van der Waals surface area (Å²) in [6.45, 7) is 2.36. The zero-order valence-corrected chi connectivity index (χ0v) is 19.3. The van der Waals surface area contributed by atoms with Crippen LogP contribution in [0.25, 0.3) is 10.9 Å². The molecule has 3 aromatic carbocycles. The molecule has 6 heteroatoms. The molecule has 0 atom stereocenters. The maximum absolute atomic E-state index is 13.4. The van der Waals surface area contributed by atoms with E-state index in [1.807, 2.05) is 18.2 Å². The number of benzene rings is 3. The summed E-state index contributed by atoms with van der Waals surface area (Å²) in [4.78, 5) is 24.9. The summed E-state index contributed by atoms with van der Waals surface area (Å²) in [6, 6.07) is 22.7. The minimum absolute atomic E-state index is 0.175. The minimum atomic E-state index is -0.953. The molecule has 4 rings (SSSR count). The van der Waals surface area contributed by atoms with E-state index in [4.69, 9.17) is 9.47 Å². The average Bonchev–Trinajstić information content (AvgIpc) is 3.12. The SMILES string of the molecule is COc1ccc2c(c1)c(CC(=O)O)c(C)n2C(=O)c1ccc(OCCCc2ccccc2)cc1. The first-order valence-electron chi connectivity index (χ1n) is 11.2. The van der Waals surface area contributed by atoms with E-state index in [-0.39, 0.29) is 12.3 Å². The fourth-order valence-electron chi connectivity index (χ4n) is 4.16. The molecule has 0 amide bonds. The maximum Gasteiger partial charge on any atom is 0.307 e. The van der Waals surface area contributed by atoms with Crippen LogP contribution in [0.15, 0.2) is 72.8 Å². The first-order chi connectivity index (χ1) is 16.5. The Kier molecular flexibility index (Phi) is 6.97. The number of carboxylic acids is 1. The van der Waals surface area contributed by atoms with E-state index in [9.17, 15) is 14.7 Å². The van der Waals surface area contributed by atoms with Gasteiger partial charge in [0.05, 0.1) is 25.7 Å². The molecule has 0 fully saturated rings. The number of carbonyl (C=O) groups excluding carboxylic acids is 1. The maximum atomic E-state index is 13.4. The Morgan fingerprint density at radius 3 is 2.32 bits per heavy atom. The van der Waals surface area contributed by atoms with Crippen molar-refractivity contribution >= 4 is 22.8 Å². The number of fused-ring (bicyclic) bond motifs is 1. The third-order valence-corrected chi connectivity index (χ3v) is 5.90. The number of methoxy groups -OCH3 is 1. The van der Waals surface area contributed by atoms with E-state index in [0.29, 0.717) is 45.8 Å². The van der Waals surface area contributed by atoms with Crippen LogP contribution in [-0.2, 0) is 17.6 Å². The van der Waals surface area contributed by atoms with Crippen molar-refractivity contribution in [3.05, 3.63) is 95.2 Å². The molecule has 1 aromatic heterocycles. The van der Waals surface area contributed by atoms with Crippen LogP contribution in [0.2, 0.25) is 0 Å². The number of ether oxygens (including phenoxy) is 2. The second-order valence-corrected chi connectivity index (χ2v) is 8.12. The van der Waals surface area contributed by atoms with Gasteiger partial charge in [-0.15, -0.1) is 0 Å². The number of carbonyl (C=O) groups is 2. The lowest BCUT2D eigenvalue weighted by atomic mass is 10.1. The van der Waals surface area contributed by atoms with Crippen molar-refractivity contribution < 1.29 is 24.2 Å². The van der Waals surface area contributed by atoms with Gasteiger partial charge >= 0.3 is 5.97 Å². The van der Waals surface area contributed by atoms with Crippen molar-refractivity contribution in [2.45, 2.75) is 26.2 Å². The average molecular weight is 458 g/mol. The molecule has 0 bridgehead atoms. The van der Waals surface area contributed by atoms with Gasteiger partial charge in [-0.05, 0) is 73.4 Å². The van der Waals surface area contributed by atoms with Crippen LogP contribution in [-0.4, -0.2) is 35.3 Å². The molecule has 0 aliphatic carbocycles. The Morgan fingerprint density at radius 1 is 0.941 bits per heavy atom. The van der Waals surface area contributed by atoms with Gasteiger partial charge in [0.25, 0.3) is 5.91 Å². The lowest BCUT2D eigenvalue weighted by Gasteiger charge is -2.10. The number of aromatic nitrogens is 1. The number of hydrogen-bond donors (Lipinski definition) is 1. The van der Waals surface area contributed by atoms with Crippen LogP contribution in [0.1, 0.15) is 33.6 Å². The number of hydrogen-bond acceptors (Lipinski definition) is 4. The molecule has 0 unspecified atom stereocenters. The van der Waals surface area contributed by atoms with E-state index in [0.717, 1.165) is 12.8 Å². The molecule has 6 nitrogen and oxygen atoms in total. The molecule has 0 radical (unpaired) electrons. The Bertz CT molecular complexity index is 1310. The second kappa shape index (κ2) is 10.3. The number of nitrogens with zero attached hydrogens (tertiary/aromatic N) is 1. The van der Waals surface area contributed by atoms with Gasteiger partial charge in [0.15, 0.2) is 0 Å². The van der Waals surface area contributed by atoms with Crippen molar-refractivity contribution in [3.8, 4) is 11.5 Å². The highest BCUT2D eigenvalue weighted by Gasteiger charge is 2.21. The van der Waals surface area contributed by atoms with Crippen molar-refractivity contribution in [1.82, 2.24) is 4.57 Å². The first-order valence-corrected chi connectivity index (χ1v) is 11.2. The van der Waals surface area contributed by atoms with E-state index < -0.39 is 5.97 Å². The van der Waals surface area contributed by atoms with Crippen molar-refractivity contribution in [2.24, 2.45) is 0 Å². The normalized spacial score (nSPS) is 10.9. The van der Waals surface area contributed by atoms with Crippen LogP contribution in [0, 0.1) is 6.92 Å². The number of aliphatic carboxylic acids is 1. The summed E-state index contributed by atoms with van der Waals surface area (Å²) < 4.78 is 12.7. The van der Waals surface area contributed by atoms with Crippen LogP contribution in [0.5, 0.6) is 11.5 Å². The summed E-state index contributed by atoms with van der Waals surface area (Å²) in [5, 5.41) is 10.1. The molecule has 34 heavy (non-hydrogen) atoms. The van der Waals surface area contributed by atoms with E-state index >= 15 is 0 Å². The van der Waals surface area contributed by atoms with E-state index in [1.54, 1.807) is 61.1 Å². The van der Waals surface area contributed by atoms with E-state index in [1.165, 1.54) is 5.56 Å². The molecule has 0 saturated carbocycles. The molecule has 174 valence electrons. The molecule has 0 spiro atoms. The molecular weight excluding hydrogens is 430 g/mol. The van der Waals surface area contributed by atoms with Crippen LogP contribution in [0.4, 0.5) is 0 Å².